The first-order chi connectivity index (χ1) is 10.1. The molecule has 108 valence electrons. The summed E-state index contributed by atoms with van der Waals surface area (Å²) in [5.41, 5.74) is 1.55. The van der Waals surface area contributed by atoms with Crippen LogP contribution >= 0.6 is 15.9 Å². The molecule has 0 fully saturated rings. The standard InChI is InChI=1S/C15H14BrN3O2/c1-2-14(20)17-10-5-3-6-11(9-10)18-15(21)12-7-4-8-13(16)19-12/h3-9H,2H2,1H3,(H,17,20)(H,18,21). The molecule has 2 N–H and O–H groups in total. The third-order valence-electron chi connectivity index (χ3n) is 2.67. The first-order valence-corrected chi connectivity index (χ1v) is 7.21. The third-order valence-corrected chi connectivity index (χ3v) is 3.11. The highest BCUT2D eigenvalue weighted by Crippen LogP contribution is 2.16. The quantitative estimate of drug-likeness (QED) is 0.832. The van der Waals surface area contributed by atoms with Gasteiger partial charge in [0.05, 0.1) is 0 Å². The summed E-state index contributed by atoms with van der Waals surface area (Å²) in [6.07, 6.45) is 0.401. The van der Waals surface area contributed by atoms with Crippen molar-refractivity contribution in [2.24, 2.45) is 0 Å². The molecule has 1 heterocycles. The predicted molar refractivity (Wildman–Crippen MR) is 85.3 cm³/mol. The Morgan fingerprint density at radius 2 is 1.76 bits per heavy atom. The maximum atomic E-state index is 12.1. The van der Waals surface area contributed by atoms with Crippen molar-refractivity contribution in [3.8, 4) is 0 Å². The number of aromatic nitrogens is 1. The van der Waals surface area contributed by atoms with Crippen LogP contribution in [0.3, 0.4) is 0 Å². The lowest BCUT2D eigenvalue weighted by Gasteiger charge is -2.08. The Labute approximate surface area is 130 Å². The summed E-state index contributed by atoms with van der Waals surface area (Å²) in [5.74, 6) is -0.387. The molecule has 0 aliphatic rings. The number of pyridine rings is 1. The van der Waals surface area contributed by atoms with Gasteiger partial charge in [-0.15, -0.1) is 0 Å². The minimum Gasteiger partial charge on any atom is -0.326 e. The maximum Gasteiger partial charge on any atom is 0.274 e. The second-order valence-corrected chi connectivity index (χ2v) is 5.09. The van der Waals surface area contributed by atoms with E-state index >= 15 is 0 Å². The molecule has 0 spiro atoms. The van der Waals surface area contributed by atoms with Gasteiger partial charge in [-0.1, -0.05) is 19.1 Å². The first-order valence-electron chi connectivity index (χ1n) is 6.42. The molecule has 6 heteroatoms. The van der Waals surface area contributed by atoms with Crippen molar-refractivity contribution >= 4 is 39.1 Å². The van der Waals surface area contributed by atoms with Gasteiger partial charge in [-0.05, 0) is 46.3 Å². The normalized spacial score (nSPS) is 10.0. The molecule has 0 aliphatic heterocycles. The van der Waals surface area contributed by atoms with E-state index in [4.69, 9.17) is 0 Å². The minimum atomic E-state index is -0.310. The zero-order valence-electron chi connectivity index (χ0n) is 11.4. The van der Waals surface area contributed by atoms with Crippen LogP contribution in [0.2, 0.25) is 0 Å². The molecule has 0 saturated carbocycles. The number of benzene rings is 1. The fourth-order valence-electron chi connectivity index (χ4n) is 1.65. The summed E-state index contributed by atoms with van der Waals surface area (Å²) in [6.45, 7) is 1.78. The monoisotopic (exact) mass is 347 g/mol. The molecule has 1 aromatic heterocycles. The molecule has 2 rings (SSSR count). The second-order valence-electron chi connectivity index (χ2n) is 4.28. The lowest BCUT2D eigenvalue weighted by Crippen LogP contribution is -2.14. The number of rotatable bonds is 4. The van der Waals surface area contributed by atoms with E-state index in [1.165, 1.54) is 0 Å². The zero-order chi connectivity index (χ0) is 15.2. The average Bonchev–Trinajstić information content (AvgIpc) is 2.47. The van der Waals surface area contributed by atoms with Crippen LogP contribution in [0, 0.1) is 0 Å². The van der Waals surface area contributed by atoms with E-state index in [0.717, 1.165) is 0 Å². The Hall–Kier alpha value is -2.21. The largest absolute Gasteiger partial charge is 0.326 e. The molecular formula is C15H14BrN3O2. The fourth-order valence-corrected chi connectivity index (χ4v) is 2.00. The molecule has 0 atom stereocenters. The number of carbonyl (C=O) groups excluding carboxylic acids is 2. The fraction of sp³-hybridized carbons (Fsp3) is 0.133. The van der Waals surface area contributed by atoms with Crippen molar-refractivity contribution in [1.82, 2.24) is 4.98 Å². The summed E-state index contributed by atoms with van der Waals surface area (Å²) in [6, 6.07) is 12.1. The topological polar surface area (TPSA) is 71.1 Å². The lowest BCUT2D eigenvalue weighted by molar-refractivity contribution is -0.115. The third kappa shape index (κ3) is 4.39. The Bertz CT molecular complexity index is 673. The maximum absolute atomic E-state index is 12.1. The van der Waals surface area contributed by atoms with Crippen molar-refractivity contribution in [2.75, 3.05) is 10.6 Å². The highest BCUT2D eigenvalue weighted by molar-refractivity contribution is 9.10. The Balaban J connectivity index is 2.11. The number of halogens is 1. The summed E-state index contributed by atoms with van der Waals surface area (Å²) in [4.78, 5) is 27.5. The highest BCUT2D eigenvalue weighted by Gasteiger charge is 2.08. The van der Waals surface area contributed by atoms with Gasteiger partial charge in [0.1, 0.15) is 10.3 Å². The molecule has 5 nitrogen and oxygen atoms in total. The van der Waals surface area contributed by atoms with Crippen LogP contribution in [0.4, 0.5) is 11.4 Å². The molecule has 2 aromatic rings. The van der Waals surface area contributed by atoms with Gasteiger partial charge >= 0.3 is 0 Å². The summed E-state index contributed by atoms with van der Waals surface area (Å²) in [5, 5.41) is 5.48. The van der Waals surface area contributed by atoms with Crippen LogP contribution < -0.4 is 10.6 Å². The van der Waals surface area contributed by atoms with E-state index in [1.807, 2.05) is 0 Å². The van der Waals surface area contributed by atoms with Crippen molar-refractivity contribution in [2.45, 2.75) is 13.3 Å². The molecule has 0 saturated heterocycles. The van der Waals surface area contributed by atoms with Gasteiger partial charge in [-0.2, -0.15) is 0 Å². The summed E-state index contributed by atoms with van der Waals surface area (Å²) >= 11 is 3.22. The smallest absolute Gasteiger partial charge is 0.274 e. The van der Waals surface area contributed by atoms with Crippen molar-refractivity contribution in [3.05, 3.63) is 52.8 Å². The van der Waals surface area contributed by atoms with E-state index < -0.39 is 0 Å². The van der Waals surface area contributed by atoms with Crippen LogP contribution in [0.15, 0.2) is 47.1 Å². The average molecular weight is 348 g/mol. The number of nitrogens with one attached hydrogen (secondary N) is 2. The molecule has 2 amide bonds. The van der Waals surface area contributed by atoms with Gasteiger partial charge in [0.15, 0.2) is 0 Å². The van der Waals surface area contributed by atoms with E-state index in [9.17, 15) is 9.59 Å². The molecule has 0 aliphatic carbocycles. The Morgan fingerprint density at radius 3 is 2.43 bits per heavy atom. The Morgan fingerprint density at radius 1 is 1.10 bits per heavy atom. The molecule has 1 aromatic carbocycles. The van der Waals surface area contributed by atoms with Crippen LogP contribution in [0.25, 0.3) is 0 Å². The lowest BCUT2D eigenvalue weighted by atomic mass is 10.2. The number of nitrogens with zero attached hydrogens (tertiary/aromatic N) is 1. The van der Waals surface area contributed by atoms with E-state index in [-0.39, 0.29) is 11.8 Å². The van der Waals surface area contributed by atoms with Crippen LogP contribution in [0.1, 0.15) is 23.8 Å². The minimum absolute atomic E-state index is 0.0767. The number of carbonyl (C=O) groups is 2. The zero-order valence-corrected chi connectivity index (χ0v) is 13.0. The summed E-state index contributed by atoms with van der Waals surface area (Å²) in [7, 11) is 0. The van der Waals surface area contributed by atoms with Gasteiger partial charge in [0.25, 0.3) is 5.91 Å². The molecule has 0 unspecified atom stereocenters. The van der Waals surface area contributed by atoms with Gasteiger partial charge in [0, 0.05) is 17.8 Å². The van der Waals surface area contributed by atoms with Crippen molar-refractivity contribution in [1.29, 1.82) is 0 Å². The molecule has 0 bridgehead atoms. The van der Waals surface area contributed by atoms with E-state index in [1.54, 1.807) is 49.4 Å². The van der Waals surface area contributed by atoms with Gasteiger partial charge in [-0.25, -0.2) is 4.98 Å². The van der Waals surface area contributed by atoms with Crippen molar-refractivity contribution in [3.63, 3.8) is 0 Å². The van der Waals surface area contributed by atoms with Gasteiger partial charge < -0.3 is 10.6 Å². The van der Waals surface area contributed by atoms with E-state index in [2.05, 4.69) is 31.5 Å². The number of hydrogen-bond acceptors (Lipinski definition) is 3. The number of amides is 2. The molecule has 0 radical (unpaired) electrons. The van der Waals surface area contributed by atoms with Crippen LogP contribution in [-0.4, -0.2) is 16.8 Å². The molecular weight excluding hydrogens is 334 g/mol. The summed E-state index contributed by atoms with van der Waals surface area (Å²) < 4.78 is 0.596. The van der Waals surface area contributed by atoms with Crippen molar-refractivity contribution < 1.29 is 9.59 Å². The molecule has 21 heavy (non-hydrogen) atoms. The van der Waals surface area contributed by atoms with Crippen LogP contribution in [0.5, 0.6) is 0 Å². The first kappa shape index (κ1) is 15.2. The van der Waals surface area contributed by atoms with E-state index in [0.29, 0.717) is 28.1 Å². The Kier molecular flexibility index (Phi) is 5.05. The van der Waals surface area contributed by atoms with Gasteiger partial charge in [0.2, 0.25) is 5.91 Å². The number of anilines is 2. The van der Waals surface area contributed by atoms with Gasteiger partial charge in [-0.3, -0.25) is 9.59 Å². The predicted octanol–water partition coefficient (Wildman–Crippen LogP) is 3.44. The SMILES string of the molecule is CCC(=O)Nc1cccc(NC(=O)c2cccc(Br)n2)c1. The number of hydrogen-bond donors (Lipinski definition) is 2. The second kappa shape index (κ2) is 6.99. The van der Waals surface area contributed by atoms with Crippen LogP contribution in [-0.2, 0) is 4.79 Å². The highest BCUT2D eigenvalue weighted by atomic mass is 79.9.